The third-order valence-electron chi connectivity index (χ3n) is 4.62. The number of carbonyl (C=O) groups is 2. The summed E-state index contributed by atoms with van der Waals surface area (Å²) in [5.74, 6) is 0.535. The van der Waals surface area contributed by atoms with Crippen LogP contribution >= 0.6 is 0 Å². The van der Waals surface area contributed by atoms with E-state index in [1.807, 2.05) is 12.1 Å². The average Bonchev–Trinajstić information content (AvgIpc) is 3.09. The molecule has 5 heteroatoms. The van der Waals surface area contributed by atoms with E-state index in [1.54, 1.807) is 11.8 Å². The standard InChI is InChI=1S/C20H31N3O2/c1-16(2)10-12-21-20(25)11-15-23(17(3)24)19-8-6-18(7-9-19)22-13-4-5-14-22/h6-9,16H,4-5,10-15H2,1-3H3,(H,21,25). The van der Waals surface area contributed by atoms with Gasteiger partial charge in [-0.15, -0.1) is 0 Å². The average molecular weight is 345 g/mol. The Labute approximate surface area is 151 Å². The second kappa shape index (κ2) is 9.44. The molecule has 1 N–H and O–H groups in total. The molecule has 1 heterocycles. The van der Waals surface area contributed by atoms with Crippen LogP contribution in [0, 0.1) is 5.92 Å². The van der Waals surface area contributed by atoms with Crippen LogP contribution in [0.5, 0.6) is 0 Å². The van der Waals surface area contributed by atoms with Gasteiger partial charge in [-0.1, -0.05) is 13.8 Å². The molecule has 0 aromatic heterocycles. The van der Waals surface area contributed by atoms with Crippen molar-refractivity contribution in [3.63, 3.8) is 0 Å². The number of hydrogen-bond acceptors (Lipinski definition) is 3. The van der Waals surface area contributed by atoms with E-state index < -0.39 is 0 Å². The highest BCUT2D eigenvalue weighted by atomic mass is 16.2. The molecule has 0 saturated carbocycles. The van der Waals surface area contributed by atoms with Gasteiger partial charge in [-0.25, -0.2) is 0 Å². The van der Waals surface area contributed by atoms with Gasteiger partial charge in [-0.3, -0.25) is 9.59 Å². The van der Waals surface area contributed by atoms with Crippen LogP contribution in [0.2, 0.25) is 0 Å². The summed E-state index contributed by atoms with van der Waals surface area (Å²) in [6, 6.07) is 8.09. The Morgan fingerprint density at radius 3 is 2.36 bits per heavy atom. The van der Waals surface area contributed by atoms with E-state index in [9.17, 15) is 9.59 Å². The maximum absolute atomic E-state index is 12.0. The van der Waals surface area contributed by atoms with Gasteiger partial charge in [0.1, 0.15) is 0 Å². The van der Waals surface area contributed by atoms with E-state index >= 15 is 0 Å². The number of anilines is 2. The lowest BCUT2D eigenvalue weighted by atomic mass is 10.1. The van der Waals surface area contributed by atoms with E-state index in [1.165, 1.54) is 18.5 Å². The van der Waals surface area contributed by atoms with Crippen LogP contribution in [0.15, 0.2) is 24.3 Å². The quantitative estimate of drug-likeness (QED) is 0.787. The summed E-state index contributed by atoms with van der Waals surface area (Å²) in [6.45, 7) is 9.13. The van der Waals surface area contributed by atoms with Crippen molar-refractivity contribution in [3.8, 4) is 0 Å². The molecule has 0 atom stereocenters. The van der Waals surface area contributed by atoms with Crippen molar-refractivity contribution in [2.75, 3.05) is 36.0 Å². The Hall–Kier alpha value is -2.04. The van der Waals surface area contributed by atoms with Crippen molar-refractivity contribution in [2.45, 2.75) is 46.5 Å². The number of hydrogen-bond donors (Lipinski definition) is 1. The van der Waals surface area contributed by atoms with E-state index in [0.717, 1.165) is 25.2 Å². The van der Waals surface area contributed by atoms with Crippen molar-refractivity contribution >= 4 is 23.2 Å². The Kier molecular flexibility index (Phi) is 7.29. The summed E-state index contributed by atoms with van der Waals surface area (Å²) in [5, 5.41) is 2.92. The zero-order valence-electron chi connectivity index (χ0n) is 15.8. The van der Waals surface area contributed by atoms with E-state index in [2.05, 4.69) is 36.2 Å². The molecule has 0 bridgehead atoms. The molecule has 138 valence electrons. The number of rotatable bonds is 8. The molecule has 1 aromatic rings. The number of nitrogens with one attached hydrogen (secondary N) is 1. The molecule has 0 unspecified atom stereocenters. The number of nitrogens with zero attached hydrogens (tertiary/aromatic N) is 2. The zero-order valence-corrected chi connectivity index (χ0v) is 15.8. The van der Waals surface area contributed by atoms with Crippen LogP contribution in [0.4, 0.5) is 11.4 Å². The summed E-state index contributed by atoms with van der Waals surface area (Å²) in [7, 11) is 0. The Morgan fingerprint density at radius 2 is 1.80 bits per heavy atom. The van der Waals surface area contributed by atoms with Crippen LogP contribution in [0.1, 0.15) is 46.5 Å². The van der Waals surface area contributed by atoms with Gasteiger partial charge in [0.25, 0.3) is 0 Å². The molecule has 1 fully saturated rings. The fraction of sp³-hybridized carbons (Fsp3) is 0.600. The first-order valence-corrected chi connectivity index (χ1v) is 9.37. The molecule has 5 nitrogen and oxygen atoms in total. The van der Waals surface area contributed by atoms with Gasteiger partial charge in [0.2, 0.25) is 11.8 Å². The number of carbonyl (C=O) groups excluding carboxylic acids is 2. The summed E-state index contributed by atoms with van der Waals surface area (Å²) < 4.78 is 0. The molecule has 0 aliphatic carbocycles. The lowest BCUT2D eigenvalue weighted by Crippen LogP contribution is -2.34. The van der Waals surface area contributed by atoms with Gasteiger partial charge in [0.05, 0.1) is 0 Å². The van der Waals surface area contributed by atoms with E-state index in [0.29, 0.717) is 25.4 Å². The third kappa shape index (κ3) is 6.07. The highest BCUT2D eigenvalue weighted by Crippen LogP contribution is 2.24. The van der Waals surface area contributed by atoms with Crippen molar-refractivity contribution in [1.82, 2.24) is 5.32 Å². The molecule has 2 amide bonds. The van der Waals surface area contributed by atoms with E-state index in [4.69, 9.17) is 0 Å². The van der Waals surface area contributed by atoms with Crippen molar-refractivity contribution in [1.29, 1.82) is 0 Å². The lowest BCUT2D eigenvalue weighted by molar-refractivity contribution is -0.121. The zero-order chi connectivity index (χ0) is 18.2. The second-order valence-electron chi connectivity index (χ2n) is 7.16. The first kappa shape index (κ1) is 19.3. The molecule has 0 radical (unpaired) electrons. The minimum absolute atomic E-state index is 0.000543. The van der Waals surface area contributed by atoms with Crippen LogP contribution < -0.4 is 15.1 Å². The maximum Gasteiger partial charge on any atom is 0.223 e. The predicted octanol–water partition coefficient (Wildman–Crippen LogP) is 3.19. The molecule has 1 aliphatic rings. The molecule has 1 saturated heterocycles. The SMILES string of the molecule is CC(=O)N(CCC(=O)NCCC(C)C)c1ccc(N2CCCC2)cc1. The third-order valence-corrected chi connectivity index (χ3v) is 4.62. The van der Waals surface area contributed by atoms with Gasteiger partial charge in [-0.2, -0.15) is 0 Å². The highest BCUT2D eigenvalue weighted by molar-refractivity contribution is 5.92. The molecule has 2 rings (SSSR count). The largest absolute Gasteiger partial charge is 0.372 e. The number of benzene rings is 1. The monoisotopic (exact) mass is 345 g/mol. The maximum atomic E-state index is 12.0. The van der Waals surface area contributed by atoms with Crippen LogP contribution in [-0.2, 0) is 9.59 Å². The Bertz CT molecular complexity index is 563. The Balaban J connectivity index is 1.89. The fourth-order valence-electron chi connectivity index (χ4n) is 3.09. The molecule has 1 aliphatic heterocycles. The first-order chi connectivity index (χ1) is 12.0. The predicted molar refractivity (Wildman–Crippen MR) is 103 cm³/mol. The van der Waals surface area contributed by atoms with Crippen molar-refractivity contribution in [3.05, 3.63) is 24.3 Å². The van der Waals surface area contributed by atoms with Crippen LogP contribution in [0.25, 0.3) is 0 Å². The van der Waals surface area contributed by atoms with E-state index in [-0.39, 0.29) is 11.8 Å². The minimum atomic E-state index is -0.0381. The van der Waals surface area contributed by atoms with Crippen molar-refractivity contribution in [2.24, 2.45) is 5.92 Å². The smallest absolute Gasteiger partial charge is 0.223 e. The molecular formula is C20H31N3O2. The van der Waals surface area contributed by atoms with Gasteiger partial charge in [0.15, 0.2) is 0 Å². The highest BCUT2D eigenvalue weighted by Gasteiger charge is 2.16. The van der Waals surface area contributed by atoms with Gasteiger partial charge in [0, 0.05) is 50.9 Å². The van der Waals surface area contributed by atoms with Crippen molar-refractivity contribution < 1.29 is 9.59 Å². The summed E-state index contributed by atoms with van der Waals surface area (Å²) in [4.78, 5) is 28.0. The lowest BCUT2D eigenvalue weighted by Gasteiger charge is -2.23. The summed E-state index contributed by atoms with van der Waals surface area (Å²) in [5.41, 5.74) is 2.06. The van der Waals surface area contributed by atoms with Crippen LogP contribution in [-0.4, -0.2) is 38.0 Å². The molecule has 0 spiro atoms. The van der Waals surface area contributed by atoms with Crippen LogP contribution in [0.3, 0.4) is 0 Å². The van der Waals surface area contributed by atoms with Gasteiger partial charge in [-0.05, 0) is 49.4 Å². The minimum Gasteiger partial charge on any atom is -0.372 e. The second-order valence-corrected chi connectivity index (χ2v) is 7.16. The fourth-order valence-corrected chi connectivity index (χ4v) is 3.09. The molecular weight excluding hydrogens is 314 g/mol. The topological polar surface area (TPSA) is 52.7 Å². The number of amides is 2. The molecule has 1 aromatic carbocycles. The van der Waals surface area contributed by atoms with Gasteiger partial charge >= 0.3 is 0 Å². The normalized spacial score (nSPS) is 14.0. The first-order valence-electron chi connectivity index (χ1n) is 9.37. The Morgan fingerprint density at radius 1 is 1.16 bits per heavy atom. The molecule has 25 heavy (non-hydrogen) atoms. The summed E-state index contributed by atoms with van der Waals surface area (Å²) in [6.07, 6.45) is 3.78. The summed E-state index contributed by atoms with van der Waals surface area (Å²) >= 11 is 0. The van der Waals surface area contributed by atoms with Gasteiger partial charge < -0.3 is 15.1 Å².